The Morgan fingerprint density at radius 1 is 1.00 bits per heavy atom. The molecule has 0 aromatic heterocycles. The van der Waals surface area contributed by atoms with Crippen molar-refractivity contribution in [1.82, 2.24) is 5.32 Å². The minimum absolute atomic E-state index is 0.0786. The summed E-state index contributed by atoms with van der Waals surface area (Å²) in [4.78, 5) is 23.4. The van der Waals surface area contributed by atoms with Gasteiger partial charge in [0.05, 0.1) is 6.42 Å². The maximum absolute atomic E-state index is 12.5. The SMILES string of the molecule is O=C(O)CC(NC(=O)C1CCC2CCCCC2C1)C1CC1. The summed E-state index contributed by atoms with van der Waals surface area (Å²) in [6.45, 7) is 0. The van der Waals surface area contributed by atoms with Gasteiger partial charge < -0.3 is 10.4 Å². The van der Waals surface area contributed by atoms with E-state index in [1.807, 2.05) is 0 Å². The average Bonchev–Trinajstić information content (AvgIpc) is 3.30. The van der Waals surface area contributed by atoms with E-state index in [1.165, 1.54) is 32.1 Å². The van der Waals surface area contributed by atoms with Crippen LogP contribution in [0.5, 0.6) is 0 Å². The van der Waals surface area contributed by atoms with Gasteiger partial charge in [0, 0.05) is 12.0 Å². The van der Waals surface area contributed by atoms with Crippen LogP contribution < -0.4 is 5.32 Å². The molecule has 0 aromatic rings. The monoisotopic (exact) mass is 293 g/mol. The average molecular weight is 293 g/mol. The van der Waals surface area contributed by atoms with Crippen LogP contribution in [0.1, 0.15) is 64.2 Å². The highest BCUT2D eigenvalue weighted by Gasteiger charge is 2.38. The lowest BCUT2D eigenvalue weighted by Gasteiger charge is -2.39. The molecule has 0 bridgehead atoms. The number of nitrogens with one attached hydrogen (secondary N) is 1. The molecule has 21 heavy (non-hydrogen) atoms. The van der Waals surface area contributed by atoms with Gasteiger partial charge >= 0.3 is 5.97 Å². The number of amides is 1. The second-order valence-corrected chi connectivity index (χ2v) is 7.36. The van der Waals surface area contributed by atoms with Gasteiger partial charge in [-0.2, -0.15) is 0 Å². The van der Waals surface area contributed by atoms with Gasteiger partial charge in [-0.3, -0.25) is 9.59 Å². The van der Waals surface area contributed by atoms with Crippen molar-refractivity contribution in [2.45, 2.75) is 70.3 Å². The molecule has 4 nitrogen and oxygen atoms in total. The Kier molecular flexibility index (Phi) is 4.51. The Bertz CT molecular complexity index is 405. The second kappa shape index (κ2) is 6.37. The lowest BCUT2D eigenvalue weighted by Crippen LogP contribution is -2.43. The zero-order chi connectivity index (χ0) is 14.8. The van der Waals surface area contributed by atoms with Crippen molar-refractivity contribution in [1.29, 1.82) is 0 Å². The maximum Gasteiger partial charge on any atom is 0.305 e. The van der Waals surface area contributed by atoms with Crippen molar-refractivity contribution in [2.75, 3.05) is 0 Å². The molecule has 3 fully saturated rings. The van der Waals surface area contributed by atoms with E-state index >= 15 is 0 Å². The highest BCUT2D eigenvalue weighted by molar-refractivity contribution is 5.80. The normalized spacial score (nSPS) is 33.8. The number of hydrogen-bond acceptors (Lipinski definition) is 2. The van der Waals surface area contributed by atoms with Gasteiger partial charge in [-0.05, 0) is 49.9 Å². The highest BCUT2D eigenvalue weighted by atomic mass is 16.4. The summed E-state index contributed by atoms with van der Waals surface area (Å²) >= 11 is 0. The summed E-state index contributed by atoms with van der Waals surface area (Å²) in [5.74, 6) is 1.43. The summed E-state index contributed by atoms with van der Waals surface area (Å²) in [6, 6.07) is -0.140. The molecule has 3 aliphatic carbocycles. The van der Waals surface area contributed by atoms with E-state index < -0.39 is 5.97 Å². The fourth-order valence-corrected chi connectivity index (χ4v) is 4.43. The molecular formula is C17H27NO3. The summed E-state index contributed by atoms with van der Waals surface area (Å²) in [5, 5.41) is 12.0. The molecule has 0 aromatic carbocycles. The van der Waals surface area contributed by atoms with Crippen molar-refractivity contribution in [3.8, 4) is 0 Å². The molecular weight excluding hydrogens is 266 g/mol. The number of carboxylic acids is 1. The van der Waals surface area contributed by atoms with Crippen molar-refractivity contribution in [3.05, 3.63) is 0 Å². The first-order valence-corrected chi connectivity index (χ1v) is 8.65. The summed E-state index contributed by atoms with van der Waals surface area (Å²) < 4.78 is 0. The zero-order valence-electron chi connectivity index (χ0n) is 12.7. The molecule has 0 radical (unpaired) electrons. The van der Waals surface area contributed by atoms with Crippen LogP contribution in [0, 0.1) is 23.7 Å². The number of hydrogen-bond donors (Lipinski definition) is 2. The highest BCUT2D eigenvalue weighted by Crippen LogP contribution is 2.43. The molecule has 0 aliphatic heterocycles. The van der Waals surface area contributed by atoms with Crippen LogP contribution in [0.2, 0.25) is 0 Å². The van der Waals surface area contributed by atoms with E-state index in [0.717, 1.165) is 37.5 Å². The van der Waals surface area contributed by atoms with E-state index in [1.54, 1.807) is 0 Å². The quantitative estimate of drug-likeness (QED) is 0.819. The molecule has 118 valence electrons. The van der Waals surface area contributed by atoms with Gasteiger partial charge in [-0.25, -0.2) is 0 Å². The Morgan fingerprint density at radius 2 is 1.71 bits per heavy atom. The predicted molar refractivity (Wildman–Crippen MR) is 79.7 cm³/mol. The van der Waals surface area contributed by atoms with Gasteiger partial charge in [0.1, 0.15) is 0 Å². The molecule has 4 unspecified atom stereocenters. The lowest BCUT2D eigenvalue weighted by molar-refractivity contribution is -0.138. The van der Waals surface area contributed by atoms with Gasteiger partial charge in [-0.1, -0.05) is 25.7 Å². The standard InChI is InChI=1S/C17H27NO3/c19-16(20)10-15(12-6-7-12)18-17(21)14-8-5-11-3-1-2-4-13(11)9-14/h11-15H,1-10H2,(H,18,21)(H,19,20). The third-order valence-corrected chi connectivity index (χ3v) is 5.82. The van der Waals surface area contributed by atoms with Crippen LogP contribution in [-0.4, -0.2) is 23.0 Å². The van der Waals surface area contributed by atoms with Crippen LogP contribution in [-0.2, 0) is 9.59 Å². The van der Waals surface area contributed by atoms with Gasteiger partial charge in [0.2, 0.25) is 5.91 Å². The van der Waals surface area contributed by atoms with Gasteiger partial charge in [-0.15, -0.1) is 0 Å². The third-order valence-electron chi connectivity index (χ3n) is 5.82. The Balaban J connectivity index is 1.53. The first-order valence-electron chi connectivity index (χ1n) is 8.65. The van der Waals surface area contributed by atoms with E-state index in [9.17, 15) is 9.59 Å². The van der Waals surface area contributed by atoms with E-state index in [-0.39, 0.29) is 24.3 Å². The van der Waals surface area contributed by atoms with Crippen molar-refractivity contribution in [2.24, 2.45) is 23.7 Å². The number of rotatable bonds is 5. The first kappa shape index (κ1) is 14.9. The smallest absolute Gasteiger partial charge is 0.305 e. The second-order valence-electron chi connectivity index (χ2n) is 7.36. The topological polar surface area (TPSA) is 66.4 Å². The first-order chi connectivity index (χ1) is 10.1. The molecule has 4 atom stereocenters. The number of carboxylic acid groups (broad SMARTS) is 1. The molecule has 3 rings (SSSR count). The molecule has 0 saturated heterocycles. The lowest BCUT2D eigenvalue weighted by atomic mass is 9.67. The molecule has 0 spiro atoms. The fourth-order valence-electron chi connectivity index (χ4n) is 4.43. The van der Waals surface area contributed by atoms with Crippen LogP contribution in [0.25, 0.3) is 0 Å². The molecule has 3 saturated carbocycles. The van der Waals surface area contributed by atoms with E-state index in [2.05, 4.69) is 5.32 Å². The van der Waals surface area contributed by atoms with E-state index in [4.69, 9.17) is 5.11 Å². The number of fused-ring (bicyclic) bond motifs is 1. The third kappa shape index (κ3) is 3.78. The minimum atomic E-state index is -0.803. The van der Waals surface area contributed by atoms with Crippen molar-refractivity contribution < 1.29 is 14.7 Å². The van der Waals surface area contributed by atoms with Crippen LogP contribution in [0.3, 0.4) is 0 Å². The fraction of sp³-hybridized carbons (Fsp3) is 0.882. The van der Waals surface area contributed by atoms with Crippen molar-refractivity contribution >= 4 is 11.9 Å². The zero-order valence-corrected chi connectivity index (χ0v) is 12.7. The molecule has 2 N–H and O–H groups in total. The van der Waals surface area contributed by atoms with Gasteiger partial charge in [0.15, 0.2) is 0 Å². The summed E-state index contributed by atoms with van der Waals surface area (Å²) in [6.07, 6.45) is 10.7. The molecule has 4 heteroatoms. The Labute approximate surface area is 126 Å². The predicted octanol–water partition coefficient (Wildman–Crippen LogP) is 2.96. The van der Waals surface area contributed by atoms with E-state index in [0.29, 0.717) is 5.92 Å². The largest absolute Gasteiger partial charge is 0.481 e. The Morgan fingerprint density at radius 3 is 2.38 bits per heavy atom. The number of carbonyl (C=O) groups excluding carboxylic acids is 1. The Hall–Kier alpha value is -1.06. The van der Waals surface area contributed by atoms with Gasteiger partial charge in [0.25, 0.3) is 0 Å². The maximum atomic E-state index is 12.5. The molecule has 3 aliphatic rings. The molecule has 0 heterocycles. The number of aliphatic carboxylic acids is 1. The summed E-state index contributed by atoms with van der Waals surface area (Å²) in [7, 11) is 0. The minimum Gasteiger partial charge on any atom is -0.481 e. The summed E-state index contributed by atoms with van der Waals surface area (Å²) in [5.41, 5.74) is 0. The van der Waals surface area contributed by atoms with Crippen LogP contribution >= 0.6 is 0 Å². The number of carbonyl (C=O) groups is 2. The van der Waals surface area contributed by atoms with Crippen LogP contribution in [0.4, 0.5) is 0 Å². The van der Waals surface area contributed by atoms with Crippen molar-refractivity contribution in [3.63, 3.8) is 0 Å². The van der Waals surface area contributed by atoms with Crippen LogP contribution in [0.15, 0.2) is 0 Å². The molecule has 1 amide bonds.